The summed E-state index contributed by atoms with van der Waals surface area (Å²) in [5.74, 6) is 2.36. The fraction of sp³-hybridized carbons (Fsp3) is 0.130. The van der Waals surface area contributed by atoms with Crippen molar-refractivity contribution in [3.8, 4) is 16.9 Å². The molecular weight excluding hydrogens is 891 g/mol. The highest BCUT2D eigenvalue weighted by Gasteiger charge is 2.53. The Hall–Kier alpha value is -7.98. The van der Waals surface area contributed by atoms with E-state index in [0.29, 0.717) is 5.92 Å². The zero-order valence-electron chi connectivity index (χ0n) is 40.6. The van der Waals surface area contributed by atoms with Gasteiger partial charge in [-0.3, -0.25) is 0 Å². The van der Waals surface area contributed by atoms with Crippen molar-refractivity contribution in [3.63, 3.8) is 0 Å². The Balaban J connectivity index is 0.950. The normalized spacial score (nSPS) is 17.6. The molecule has 3 aliphatic carbocycles. The minimum absolute atomic E-state index is 0.122. The molecule has 3 atom stereocenters. The molecule has 0 N–H and O–H groups in total. The van der Waals surface area contributed by atoms with E-state index in [1.165, 1.54) is 108 Å². The predicted molar refractivity (Wildman–Crippen MR) is 302 cm³/mol. The third kappa shape index (κ3) is 6.75. The summed E-state index contributed by atoms with van der Waals surface area (Å²) in [6.07, 6.45) is 12.3. The molecule has 3 heteroatoms. The van der Waals surface area contributed by atoms with Crippen molar-refractivity contribution < 1.29 is 4.74 Å². The topological polar surface area (TPSA) is 12.5 Å². The summed E-state index contributed by atoms with van der Waals surface area (Å²) in [4.78, 5) is 2.65. The molecule has 0 radical (unpaired) electrons. The first-order valence-corrected chi connectivity index (χ1v) is 26.5. The molecule has 0 saturated heterocycles. The molecule has 0 fully saturated rings. The van der Waals surface area contributed by atoms with Crippen molar-refractivity contribution >= 4 is 59.9 Å². The molecule has 10 aromatic rings. The van der Waals surface area contributed by atoms with Gasteiger partial charge >= 0.3 is 0 Å². The maximum absolute atomic E-state index is 7.00. The minimum Gasteiger partial charge on any atom is -0.457 e. The molecule has 2 heterocycles. The lowest BCUT2D eigenvalue weighted by atomic mass is 9.65. The molecule has 9 aromatic carbocycles. The van der Waals surface area contributed by atoms with Gasteiger partial charge in [0.2, 0.25) is 0 Å². The zero-order valence-corrected chi connectivity index (χ0v) is 41.4. The summed E-state index contributed by atoms with van der Waals surface area (Å²) in [6, 6.07) is 76.9. The molecule has 1 aliphatic heterocycles. The Kier molecular flexibility index (Phi) is 10.2. The minimum atomic E-state index is -0.565. The van der Waals surface area contributed by atoms with Gasteiger partial charge in [-0.15, -0.1) is 11.3 Å². The van der Waals surface area contributed by atoms with E-state index in [4.69, 9.17) is 4.74 Å². The SMILES string of the molecule is CC1=c2c(sc3ccc(C(CCc4ccc5ccccc5c4)c4ccc5ccccc5c4)cc23)=C(N(c2ccccc2)C2C=CC=C3Oc4ccccc4C4(C3=C2)c2ccccc2-c2ccccc24)CC1C. The van der Waals surface area contributed by atoms with E-state index in [1.807, 2.05) is 11.3 Å². The van der Waals surface area contributed by atoms with E-state index in [0.717, 1.165) is 30.8 Å². The number of para-hydroxylation sites is 2. The molecule has 3 unspecified atom stereocenters. The van der Waals surface area contributed by atoms with Crippen molar-refractivity contribution in [2.24, 2.45) is 5.92 Å². The first-order valence-electron chi connectivity index (χ1n) is 25.7. The third-order valence-corrected chi connectivity index (χ3v) is 17.6. The number of hydrogen-bond donors (Lipinski definition) is 0. The molecule has 0 amide bonds. The van der Waals surface area contributed by atoms with Crippen molar-refractivity contribution in [2.45, 2.75) is 50.5 Å². The maximum Gasteiger partial charge on any atom is 0.132 e. The molecule has 4 aliphatic rings. The lowest BCUT2D eigenvalue weighted by Gasteiger charge is -2.42. The number of ether oxygens (including phenoxy) is 1. The smallest absolute Gasteiger partial charge is 0.132 e. The molecule has 14 rings (SSSR count). The van der Waals surface area contributed by atoms with Crippen LogP contribution in [0.5, 0.6) is 5.75 Å². The van der Waals surface area contributed by atoms with E-state index in [-0.39, 0.29) is 12.0 Å². The maximum atomic E-state index is 7.00. The highest BCUT2D eigenvalue weighted by molar-refractivity contribution is 7.17. The van der Waals surface area contributed by atoms with Crippen LogP contribution in [0.2, 0.25) is 0 Å². The van der Waals surface area contributed by atoms with Gasteiger partial charge in [0.05, 0.1) is 16.0 Å². The standard InChI is InChI=1S/C69H53NOS/c1-44-39-63(68-67(45(44)2)58-42-52(36-38-66(58)72-68)55(51-35-34-48-18-7-9-20-50(48)41-51)37-32-46-31-33-47-17-6-8-19-49(47)40-46)70(53-21-4-3-5-22-53)54-23-16-30-65-62(43-54)69(61-28-14-15-29-64(61)71-65)59-26-12-10-24-56(59)57-25-11-13-27-60(57)69/h3-31,33-36,38,40-44,54-55H,32,37,39H2,1-2H3. The van der Waals surface area contributed by atoms with Crippen LogP contribution in [0.4, 0.5) is 5.69 Å². The van der Waals surface area contributed by atoms with Crippen LogP contribution < -0.4 is 19.4 Å². The monoisotopic (exact) mass is 943 g/mol. The molecule has 0 bridgehead atoms. The van der Waals surface area contributed by atoms with Crippen LogP contribution in [0, 0.1) is 5.92 Å². The molecule has 1 aromatic heterocycles. The summed E-state index contributed by atoms with van der Waals surface area (Å²) >= 11 is 1.97. The van der Waals surface area contributed by atoms with Crippen LogP contribution in [0.15, 0.2) is 242 Å². The Bertz CT molecular complexity index is 4010. The molecule has 346 valence electrons. The number of hydrogen-bond acceptors (Lipinski definition) is 3. The predicted octanol–water partition coefficient (Wildman–Crippen LogP) is 16.0. The van der Waals surface area contributed by atoms with E-state index in [1.54, 1.807) is 0 Å². The van der Waals surface area contributed by atoms with E-state index in [2.05, 4.69) is 249 Å². The number of fused-ring (bicyclic) bond motifs is 14. The van der Waals surface area contributed by atoms with Crippen LogP contribution in [0.3, 0.4) is 0 Å². The van der Waals surface area contributed by atoms with Gasteiger partial charge in [-0.25, -0.2) is 0 Å². The molecule has 72 heavy (non-hydrogen) atoms. The first kappa shape index (κ1) is 42.9. The number of allylic oxidation sites excluding steroid dienone is 3. The summed E-state index contributed by atoms with van der Waals surface area (Å²) < 4.78 is 9.71. The second kappa shape index (κ2) is 17.1. The van der Waals surface area contributed by atoms with Crippen LogP contribution in [-0.4, -0.2) is 6.04 Å². The van der Waals surface area contributed by atoms with E-state index >= 15 is 0 Å². The first-order chi connectivity index (χ1) is 35.5. The highest BCUT2D eigenvalue weighted by atomic mass is 32.1. The van der Waals surface area contributed by atoms with Crippen molar-refractivity contribution in [3.05, 3.63) is 285 Å². The fourth-order valence-electron chi connectivity index (χ4n) is 12.8. The Morgan fingerprint density at radius 3 is 2.01 bits per heavy atom. The van der Waals surface area contributed by atoms with Crippen molar-refractivity contribution in [2.75, 3.05) is 4.90 Å². The summed E-state index contributed by atoms with van der Waals surface area (Å²) in [5.41, 5.74) is 15.1. The van der Waals surface area contributed by atoms with Gasteiger partial charge in [0, 0.05) is 43.7 Å². The largest absolute Gasteiger partial charge is 0.457 e. The summed E-state index contributed by atoms with van der Waals surface area (Å²) in [5, 5.41) is 7.94. The number of benzene rings is 9. The van der Waals surface area contributed by atoms with Gasteiger partial charge in [-0.05, 0) is 135 Å². The third-order valence-electron chi connectivity index (χ3n) is 16.4. The van der Waals surface area contributed by atoms with E-state index < -0.39 is 5.41 Å². The Morgan fingerprint density at radius 1 is 0.625 bits per heavy atom. The zero-order chi connectivity index (χ0) is 47.9. The second-order valence-corrected chi connectivity index (χ2v) is 21.4. The van der Waals surface area contributed by atoms with Crippen LogP contribution in [0.1, 0.15) is 66.0 Å². The quantitative estimate of drug-likeness (QED) is 0.150. The van der Waals surface area contributed by atoms with E-state index in [9.17, 15) is 0 Å². The Morgan fingerprint density at radius 2 is 1.25 bits per heavy atom. The Labute approximate surface area is 425 Å². The number of rotatable bonds is 8. The number of anilines is 1. The molecule has 2 nitrogen and oxygen atoms in total. The average molecular weight is 944 g/mol. The average Bonchev–Trinajstić information content (AvgIpc) is 3.86. The second-order valence-electron chi connectivity index (χ2n) is 20.3. The number of nitrogens with zero attached hydrogens (tertiary/aromatic N) is 1. The van der Waals surface area contributed by atoms with Gasteiger partial charge in [0.15, 0.2) is 0 Å². The summed E-state index contributed by atoms with van der Waals surface area (Å²) in [7, 11) is 0. The number of aryl methyl sites for hydroxylation is 1. The van der Waals surface area contributed by atoms with Gasteiger partial charge in [-0.1, -0.05) is 201 Å². The number of thiophene rings is 1. The fourth-order valence-corrected chi connectivity index (χ4v) is 14.1. The van der Waals surface area contributed by atoms with Crippen molar-refractivity contribution in [1.29, 1.82) is 0 Å². The summed E-state index contributed by atoms with van der Waals surface area (Å²) in [6.45, 7) is 4.83. The lowest BCUT2D eigenvalue weighted by molar-refractivity contribution is 0.389. The molecular formula is C69H53NOS. The van der Waals surface area contributed by atoms with Crippen LogP contribution >= 0.6 is 11.3 Å². The van der Waals surface area contributed by atoms with Crippen LogP contribution in [-0.2, 0) is 11.8 Å². The van der Waals surface area contributed by atoms with Gasteiger partial charge in [0.25, 0.3) is 0 Å². The van der Waals surface area contributed by atoms with Crippen molar-refractivity contribution in [1.82, 2.24) is 0 Å². The molecule has 0 saturated carbocycles. The highest BCUT2D eigenvalue weighted by Crippen LogP contribution is 2.62. The van der Waals surface area contributed by atoms with Gasteiger partial charge in [0.1, 0.15) is 11.5 Å². The van der Waals surface area contributed by atoms with Crippen LogP contribution in [0.25, 0.3) is 54.0 Å². The molecule has 1 spiro atoms. The lowest BCUT2D eigenvalue weighted by Crippen LogP contribution is -2.42. The van der Waals surface area contributed by atoms with Gasteiger partial charge in [-0.2, -0.15) is 0 Å². The van der Waals surface area contributed by atoms with Gasteiger partial charge < -0.3 is 9.64 Å².